The molecule has 0 aromatic carbocycles. The summed E-state index contributed by atoms with van der Waals surface area (Å²) in [4.78, 5) is 16.6. The highest BCUT2D eigenvalue weighted by Crippen LogP contribution is 2.22. The zero-order chi connectivity index (χ0) is 14.3. The Kier molecular flexibility index (Phi) is 7.39. The second-order valence-electron chi connectivity index (χ2n) is 5.78. The van der Waals surface area contributed by atoms with Crippen LogP contribution in [-0.2, 0) is 4.79 Å². The highest BCUT2D eigenvalue weighted by Gasteiger charge is 2.29. The van der Waals surface area contributed by atoms with E-state index in [1.54, 1.807) is 0 Å². The lowest BCUT2D eigenvalue weighted by Crippen LogP contribution is -2.51. The van der Waals surface area contributed by atoms with Gasteiger partial charge in [-0.05, 0) is 46.1 Å². The lowest BCUT2D eigenvalue weighted by molar-refractivity contribution is -0.138. The highest BCUT2D eigenvalue weighted by molar-refractivity contribution is 5.79. The van der Waals surface area contributed by atoms with E-state index in [2.05, 4.69) is 30.6 Å². The largest absolute Gasteiger partial charge is 0.395 e. The van der Waals surface area contributed by atoms with E-state index in [9.17, 15) is 4.79 Å². The van der Waals surface area contributed by atoms with E-state index in [4.69, 9.17) is 5.11 Å². The molecule has 0 radical (unpaired) electrons. The number of nitrogens with zero attached hydrogens (tertiary/aromatic N) is 2. The van der Waals surface area contributed by atoms with Gasteiger partial charge in [0.1, 0.15) is 0 Å². The first-order chi connectivity index (χ1) is 9.10. The second-order valence-corrected chi connectivity index (χ2v) is 5.78. The van der Waals surface area contributed by atoms with E-state index in [0.717, 1.165) is 32.2 Å². The Balaban J connectivity index is 2.53. The average Bonchev–Trinajstić information content (AvgIpc) is 2.36. The fourth-order valence-corrected chi connectivity index (χ4v) is 2.98. The van der Waals surface area contributed by atoms with Crippen LogP contribution in [0.5, 0.6) is 0 Å². The van der Waals surface area contributed by atoms with E-state index in [1.807, 2.05) is 0 Å². The number of amides is 1. The van der Waals surface area contributed by atoms with Crippen LogP contribution in [0, 0.1) is 0 Å². The van der Waals surface area contributed by atoms with Crippen LogP contribution in [0.25, 0.3) is 0 Å². The summed E-state index contributed by atoms with van der Waals surface area (Å²) in [5.74, 6) is 0.226. The first-order valence-corrected chi connectivity index (χ1v) is 7.74. The molecule has 1 aliphatic heterocycles. The normalized spacial score (nSPS) is 23.9. The molecule has 0 unspecified atom stereocenters. The van der Waals surface area contributed by atoms with E-state index >= 15 is 0 Å². The number of unbranched alkanes of at least 4 members (excludes halogenated alkanes) is 1. The van der Waals surface area contributed by atoms with Crippen LogP contribution < -0.4 is 0 Å². The van der Waals surface area contributed by atoms with E-state index in [-0.39, 0.29) is 12.5 Å². The van der Waals surface area contributed by atoms with Gasteiger partial charge >= 0.3 is 0 Å². The Hall–Kier alpha value is -0.610. The number of hydrogen-bond donors (Lipinski definition) is 1. The van der Waals surface area contributed by atoms with E-state index < -0.39 is 0 Å². The quantitative estimate of drug-likeness (QED) is 0.768. The summed E-state index contributed by atoms with van der Waals surface area (Å²) in [5.41, 5.74) is 0. The summed E-state index contributed by atoms with van der Waals surface area (Å²) in [6.45, 7) is 8.53. The van der Waals surface area contributed by atoms with Gasteiger partial charge in [0.05, 0.1) is 13.2 Å². The molecular formula is C15H30N2O2. The Morgan fingerprint density at radius 3 is 2.42 bits per heavy atom. The van der Waals surface area contributed by atoms with Gasteiger partial charge in [0.2, 0.25) is 5.91 Å². The standard InChI is InChI=1S/C15H30N2O2/c1-4-5-9-16(10-11-18)12-15(19)17-13(2)7-6-8-14(17)3/h13-14,18H,4-12H2,1-3H3/t13-,14-/m0/s1. The minimum atomic E-state index is 0.127. The molecule has 0 bridgehead atoms. The minimum absolute atomic E-state index is 0.127. The molecule has 19 heavy (non-hydrogen) atoms. The summed E-state index contributed by atoms with van der Waals surface area (Å²) in [7, 11) is 0. The van der Waals surface area contributed by atoms with Crippen LogP contribution in [0.3, 0.4) is 0 Å². The maximum absolute atomic E-state index is 12.5. The van der Waals surface area contributed by atoms with Crippen molar-refractivity contribution in [3.63, 3.8) is 0 Å². The van der Waals surface area contributed by atoms with Crippen LogP contribution in [0.15, 0.2) is 0 Å². The van der Waals surface area contributed by atoms with Crippen molar-refractivity contribution in [1.29, 1.82) is 0 Å². The molecule has 4 nitrogen and oxygen atoms in total. The first kappa shape index (κ1) is 16.4. The summed E-state index contributed by atoms with van der Waals surface area (Å²) in [5, 5.41) is 9.10. The van der Waals surface area contributed by atoms with Gasteiger partial charge in [-0.25, -0.2) is 0 Å². The zero-order valence-corrected chi connectivity index (χ0v) is 12.8. The molecule has 1 amide bonds. The topological polar surface area (TPSA) is 43.8 Å². The van der Waals surface area contributed by atoms with Crippen molar-refractivity contribution in [2.75, 3.05) is 26.2 Å². The number of hydrogen-bond acceptors (Lipinski definition) is 3. The molecule has 0 aromatic heterocycles. The van der Waals surface area contributed by atoms with Gasteiger partial charge in [0.15, 0.2) is 0 Å². The lowest BCUT2D eigenvalue weighted by atomic mass is 9.97. The van der Waals surface area contributed by atoms with Gasteiger partial charge in [-0.3, -0.25) is 9.69 Å². The maximum atomic E-state index is 12.5. The van der Waals surface area contributed by atoms with Gasteiger partial charge in [0, 0.05) is 18.6 Å². The minimum Gasteiger partial charge on any atom is -0.395 e. The number of likely N-dealkylation sites (tertiary alicyclic amines) is 1. The summed E-state index contributed by atoms with van der Waals surface area (Å²) < 4.78 is 0. The summed E-state index contributed by atoms with van der Waals surface area (Å²) in [6.07, 6.45) is 5.66. The van der Waals surface area contributed by atoms with Crippen molar-refractivity contribution in [3.05, 3.63) is 0 Å². The van der Waals surface area contributed by atoms with E-state index in [1.165, 1.54) is 6.42 Å². The average molecular weight is 270 g/mol. The number of carbonyl (C=O) groups is 1. The molecule has 1 aliphatic rings. The van der Waals surface area contributed by atoms with Crippen molar-refractivity contribution in [2.24, 2.45) is 0 Å². The molecule has 0 spiro atoms. The summed E-state index contributed by atoms with van der Waals surface area (Å²) >= 11 is 0. The zero-order valence-electron chi connectivity index (χ0n) is 12.8. The SMILES string of the molecule is CCCCN(CCO)CC(=O)N1[C@@H](C)CCC[C@@H]1C. The maximum Gasteiger partial charge on any atom is 0.237 e. The Morgan fingerprint density at radius 1 is 1.26 bits per heavy atom. The van der Waals surface area contributed by atoms with Gasteiger partial charge in [-0.2, -0.15) is 0 Å². The highest BCUT2D eigenvalue weighted by atomic mass is 16.3. The van der Waals surface area contributed by atoms with Crippen LogP contribution in [-0.4, -0.2) is 59.1 Å². The predicted octanol–water partition coefficient (Wildman–Crippen LogP) is 1.87. The van der Waals surface area contributed by atoms with Crippen molar-refractivity contribution in [2.45, 2.75) is 65.0 Å². The number of rotatable bonds is 7. The third-order valence-corrected chi connectivity index (χ3v) is 4.08. The third-order valence-electron chi connectivity index (χ3n) is 4.08. The predicted molar refractivity (Wildman–Crippen MR) is 78.1 cm³/mol. The molecule has 0 aromatic rings. The van der Waals surface area contributed by atoms with Gasteiger partial charge in [-0.15, -0.1) is 0 Å². The molecule has 4 heteroatoms. The molecule has 0 aliphatic carbocycles. The Bertz CT molecular complexity index is 261. The van der Waals surface area contributed by atoms with Crippen LogP contribution in [0.1, 0.15) is 52.9 Å². The van der Waals surface area contributed by atoms with Crippen molar-refractivity contribution in [3.8, 4) is 0 Å². The molecule has 1 N–H and O–H groups in total. The molecule has 112 valence electrons. The fourth-order valence-electron chi connectivity index (χ4n) is 2.98. The van der Waals surface area contributed by atoms with Gasteiger partial charge < -0.3 is 10.0 Å². The van der Waals surface area contributed by atoms with Crippen LogP contribution >= 0.6 is 0 Å². The Morgan fingerprint density at radius 2 is 1.89 bits per heavy atom. The lowest BCUT2D eigenvalue weighted by Gasteiger charge is -2.40. The molecule has 1 fully saturated rings. The van der Waals surface area contributed by atoms with Crippen molar-refractivity contribution >= 4 is 5.91 Å². The molecule has 0 saturated carbocycles. The molecule has 2 atom stereocenters. The number of carbonyl (C=O) groups excluding carboxylic acids is 1. The molecule has 1 rings (SSSR count). The molecule has 1 saturated heterocycles. The second kappa shape index (κ2) is 8.54. The van der Waals surface area contributed by atoms with Gasteiger partial charge in [0.25, 0.3) is 0 Å². The Labute approximate surface area is 117 Å². The smallest absolute Gasteiger partial charge is 0.237 e. The first-order valence-electron chi connectivity index (χ1n) is 7.74. The van der Waals surface area contributed by atoms with Crippen molar-refractivity contribution in [1.82, 2.24) is 9.80 Å². The van der Waals surface area contributed by atoms with Crippen LogP contribution in [0.2, 0.25) is 0 Å². The van der Waals surface area contributed by atoms with Crippen LogP contribution in [0.4, 0.5) is 0 Å². The third kappa shape index (κ3) is 5.11. The van der Waals surface area contributed by atoms with Crippen molar-refractivity contribution < 1.29 is 9.90 Å². The fraction of sp³-hybridized carbons (Fsp3) is 0.933. The number of aliphatic hydroxyl groups is 1. The van der Waals surface area contributed by atoms with E-state index in [0.29, 0.717) is 25.2 Å². The number of aliphatic hydroxyl groups excluding tert-OH is 1. The monoisotopic (exact) mass is 270 g/mol. The molecular weight excluding hydrogens is 240 g/mol. The summed E-state index contributed by atoms with van der Waals surface area (Å²) in [6, 6.07) is 0.719. The van der Waals surface area contributed by atoms with Gasteiger partial charge in [-0.1, -0.05) is 13.3 Å². The number of piperidine rings is 1. The molecule has 1 heterocycles.